The van der Waals surface area contributed by atoms with Crippen LogP contribution in [-0.2, 0) is 14.3 Å². The van der Waals surface area contributed by atoms with E-state index in [2.05, 4.69) is 5.16 Å². The van der Waals surface area contributed by atoms with E-state index >= 15 is 0 Å². The fraction of sp³-hybridized carbons (Fsp3) is 0.529. The van der Waals surface area contributed by atoms with Gasteiger partial charge in [-0.15, -0.1) is 0 Å². The summed E-state index contributed by atoms with van der Waals surface area (Å²) < 4.78 is 49.8. The molecule has 6 nitrogen and oxygen atoms in total. The number of amides is 1. The average Bonchev–Trinajstić information content (AvgIpc) is 2.64. The van der Waals surface area contributed by atoms with Crippen molar-refractivity contribution in [1.82, 2.24) is 4.90 Å². The molecule has 0 aliphatic carbocycles. The summed E-state index contributed by atoms with van der Waals surface area (Å²) in [5.74, 6) is -1.92. The van der Waals surface area contributed by atoms with Crippen molar-refractivity contribution in [2.75, 3.05) is 13.7 Å². The van der Waals surface area contributed by atoms with Crippen LogP contribution in [0.2, 0.25) is 0 Å². The van der Waals surface area contributed by atoms with Gasteiger partial charge >= 0.3 is 12.1 Å². The van der Waals surface area contributed by atoms with Gasteiger partial charge in [0, 0.05) is 13.7 Å². The molecule has 1 amide bonds. The maximum atomic E-state index is 13.1. The molecule has 3 atom stereocenters. The zero-order valence-electron chi connectivity index (χ0n) is 14.4. The number of carbonyl (C=O) groups excluding carboxylic acids is 1. The summed E-state index contributed by atoms with van der Waals surface area (Å²) in [7, 11) is 1.34. The first-order chi connectivity index (χ1) is 12.3. The van der Waals surface area contributed by atoms with Crippen LogP contribution in [0, 0.1) is 0 Å². The van der Waals surface area contributed by atoms with Crippen molar-refractivity contribution in [1.29, 1.82) is 0 Å². The first-order valence-corrected chi connectivity index (χ1v) is 8.09. The molecule has 1 saturated heterocycles. The van der Waals surface area contributed by atoms with E-state index in [0.29, 0.717) is 18.4 Å². The van der Waals surface area contributed by atoms with Crippen molar-refractivity contribution >= 4 is 11.6 Å². The number of ether oxygens (including phenoxy) is 2. The second-order valence-corrected chi connectivity index (χ2v) is 6.00. The molecule has 1 aromatic carbocycles. The maximum Gasteiger partial charge on any atom is 0.471 e. The molecule has 2 rings (SSSR count). The Morgan fingerprint density at radius 2 is 2.08 bits per heavy atom. The van der Waals surface area contributed by atoms with Crippen LogP contribution in [0.1, 0.15) is 31.4 Å². The van der Waals surface area contributed by atoms with Crippen molar-refractivity contribution < 1.29 is 32.6 Å². The minimum Gasteiger partial charge on any atom is -0.411 e. The molecule has 1 aliphatic rings. The second kappa shape index (κ2) is 8.50. The number of hydrogen-bond donors (Lipinski definition) is 1. The summed E-state index contributed by atoms with van der Waals surface area (Å²) in [6, 6.07) is 7.68. The quantitative estimate of drug-likeness (QED) is 0.635. The lowest BCUT2D eigenvalue weighted by Crippen LogP contribution is -2.49. The van der Waals surface area contributed by atoms with Crippen LogP contribution in [0.15, 0.2) is 35.5 Å². The highest BCUT2D eigenvalue weighted by Gasteiger charge is 2.45. The lowest BCUT2D eigenvalue weighted by molar-refractivity contribution is -0.192. The van der Waals surface area contributed by atoms with Gasteiger partial charge in [0.25, 0.3) is 0 Å². The number of methoxy groups -OCH3 is 1. The number of alkyl halides is 3. The zero-order chi connectivity index (χ0) is 19.3. The SMILES string of the molecule is CO[C@H]1O[C@H](CN(C(=O)C(F)(F)F)[C@H](C)c2ccccc2)CC/C1=N\O. The fourth-order valence-electron chi connectivity index (χ4n) is 2.88. The minimum atomic E-state index is -4.99. The molecule has 0 saturated carbocycles. The third kappa shape index (κ3) is 4.73. The molecule has 1 aliphatic heterocycles. The largest absolute Gasteiger partial charge is 0.471 e. The van der Waals surface area contributed by atoms with Gasteiger partial charge in [-0.2, -0.15) is 13.2 Å². The molecule has 1 heterocycles. The molecule has 0 spiro atoms. The van der Waals surface area contributed by atoms with E-state index in [4.69, 9.17) is 14.7 Å². The average molecular weight is 374 g/mol. The zero-order valence-corrected chi connectivity index (χ0v) is 14.4. The van der Waals surface area contributed by atoms with Crippen LogP contribution in [0.5, 0.6) is 0 Å². The van der Waals surface area contributed by atoms with Crippen molar-refractivity contribution in [2.45, 2.75) is 44.4 Å². The van der Waals surface area contributed by atoms with Crippen LogP contribution in [0.4, 0.5) is 13.2 Å². The van der Waals surface area contributed by atoms with E-state index in [1.807, 2.05) is 0 Å². The highest BCUT2D eigenvalue weighted by Crippen LogP contribution is 2.29. The van der Waals surface area contributed by atoms with Crippen LogP contribution >= 0.6 is 0 Å². The van der Waals surface area contributed by atoms with E-state index in [0.717, 1.165) is 4.90 Å². The normalized spacial score (nSPS) is 23.7. The van der Waals surface area contributed by atoms with E-state index in [-0.39, 0.29) is 12.3 Å². The smallest absolute Gasteiger partial charge is 0.411 e. The first-order valence-electron chi connectivity index (χ1n) is 8.09. The number of halogens is 3. The summed E-state index contributed by atoms with van der Waals surface area (Å²) >= 11 is 0. The van der Waals surface area contributed by atoms with Gasteiger partial charge in [-0.1, -0.05) is 35.5 Å². The summed E-state index contributed by atoms with van der Waals surface area (Å²) in [6.07, 6.45) is -6.01. The molecule has 144 valence electrons. The Labute approximate surface area is 149 Å². The number of hydrogen-bond acceptors (Lipinski definition) is 5. The molecular weight excluding hydrogens is 353 g/mol. The lowest BCUT2D eigenvalue weighted by Gasteiger charge is -2.36. The van der Waals surface area contributed by atoms with Gasteiger partial charge in [-0.3, -0.25) is 4.79 Å². The minimum absolute atomic E-state index is 0.257. The Morgan fingerprint density at radius 3 is 2.62 bits per heavy atom. The fourth-order valence-corrected chi connectivity index (χ4v) is 2.88. The number of carbonyl (C=O) groups is 1. The molecule has 26 heavy (non-hydrogen) atoms. The Kier molecular flexibility index (Phi) is 6.60. The highest BCUT2D eigenvalue weighted by atomic mass is 19.4. The predicted molar refractivity (Wildman–Crippen MR) is 86.8 cm³/mol. The molecule has 1 N–H and O–H groups in total. The van der Waals surface area contributed by atoms with Gasteiger partial charge in [0.1, 0.15) is 5.71 Å². The third-order valence-electron chi connectivity index (χ3n) is 4.31. The van der Waals surface area contributed by atoms with Crippen LogP contribution < -0.4 is 0 Å². The number of nitrogens with zero attached hydrogens (tertiary/aromatic N) is 2. The van der Waals surface area contributed by atoms with Gasteiger partial charge in [-0.25, -0.2) is 0 Å². The topological polar surface area (TPSA) is 71.4 Å². The first kappa shape index (κ1) is 20.2. The third-order valence-corrected chi connectivity index (χ3v) is 4.31. The number of benzene rings is 1. The molecule has 0 aromatic heterocycles. The van der Waals surface area contributed by atoms with E-state index in [1.165, 1.54) is 14.0 Å². The number of oxime groups is 1. The predicted octanol–water partition coefficient (Wildman–Crippen LogP) is 3.12. The van der Waals surface area contributed by atoms with Crippen LogP contribution in [0.25, 0.3) is 0 Å². The highest BCUT2D eigenvalue weighted by molar-refractivity contribution is 5.87. The molecule has 0 radical (unpaired) electrons. The molecule has 1 aromatic rings. The van der Waals surface area contributed by atoms with E-state index < -0.39 is 30.5 Å². The van der Waals surface area contributed by atoms with Crippen molar-refractivity contribution in [3.05, 3.63) is 35.9 Å². The molecule has 9 heteroatoms. The summed E-state index contributed by atoms with van der Waals surface area (Å²) in [5.41, 5.74) is 0.843. The van der Waals surface area contributed by atoms with Crippen molar-refractivity contribution in [3.8, 4) is 0 Å². The van der Waals surface area contributed by atoms with E-state index in [1.54, 1.807) is 30.3 Å². The lowest BCUT2D eigenvalue weighted by atomic mass is 10.0. The van der Waals surface area contributed by atoms with Crippen LogP contribution in [0.3, 0.4) is 0 Å². The molecule has 0 unspecified atom stereocenters. The van der Waals surface area contributed by atoms with Crippen LogP contribution in [-0.4, -0.2) is 54.0 Å². The molecular formula is C17H21F3N2O4. The van der Waals surface area contributed by atoms with Gasteiger partial charge in [0.15, 0.2) is 6.29 Å². The van der Waals surface area contributed by atoms with Crippen molar-refractivity contribution in [3.63, 3.8) is 0 Å². The van der Waals surface area contributed by atoms with E-state index in [9.17, 15) is 18.0 Å². The second-order valence-electron chi connectivity index (χ2n) is 6.00. The monoisotopic (exact) mass is 374 g/mol. The number of rotatable bonds is 5. The Hall–Kier alpha value is -2.13. The summed E-state index contributed by atoms with van der Waals surface area (Å²) in [6.45, 7) is 1.28. The maximum absolute atomic E-state index is 13.1. The summed E-state index contributed by atoms with van der Waals surface area (Å²) in [5, 5.41) is 12.0. The van der Waals surface area contributed by atoms with Gasteiger partial charge in [0.2, 0.25) is 0 Å². The Balaban J connectivity index is 2.21. The van der Waals surface area contributed by atoms with Gasteiger partial charge in [0.05, 0.1) is 12.1 Å². The van der Waals surface area contributed by atoms with Gasteiger partial charge in [-0.05, 0) is 25.3 Å². The Bertz CT molecular complexity index is 637. The molecule has 1 fully saturated rings. The van der Waals surface area contributed by atoms with Crippen molar-refractivity contribution in [2.24, 2.45) is 5.16 Å². The summed E-state index contributed by atoms with van der Waals surface area (Å²) in [4.78, 5) is 12.7. The van der Waals surface area contributed by atoms with Gasteiger partial charge < -0.3 is 19.6 Å². The standard InChI is InChI=1S/C17H21F3N2O4/c1-11(12-6-4-3-5-7-12)22(16(23)17(18,19)20)10-13-8-9-14(21-24)15(25-2)26-13/h3-7,11,13,15,24H,8-10H2,1-2H3/b21-14+/t11-,13+,15+/m1/s1. The Morgan fingerprint density at radius 1 is 1.42 bits per heavy atom. The molecule has 0 bridgehead atoms.